The van der Waals surface area contributed by atoms with E-state index in [0.717, 1.165) is 16.7 Å². The smallest absolute Gasteiger partial charge is 0.266 e. The van der Waals surface area contributed by atoms with E-state index < -0.39 is 16.9 Å². The highest BCUT2D eigenvalue weighted by molar-refractivity contribution is 7.83. The Morgan fingerprint density at radius 3 is 2.84 bits per heavy atom. The molecule has 4 aromatic rings. The molecule has 0 saturated carbocycles. The van der Waals surface area contributed by atoms with Gasteiger partial charge in [-0.3, -0.25) is 4.79 Å². The van der Waals surface area contributed by atoms with Crippen LogP contribution in [0.25, 0.3) is 22.0 Å². The van der Waals surface area contributed by atoms with E-state index in [2.05, 4.69) is 9.97 Å². The molecule has 2 atom stereocenters. The number of hydrogen-bond acceptors (Lipinski definition) is 6. The lowest BCUT2D eigenvalue weighted by Crippen LogP contribution is -2.45. The van der Waals surface area contributed by atoms with Crippen LogP contribution in [0.3, 0.4) is 0 Å². The van der Waals surface area contributed by atoms with Gasteiger partial charge in [0.1, 0.15) is 35.1 Å². The van der Waals surface area contributed by atoms with E-state index in [9.17, 15) is 9.00 Å². The number of H-pyrrole nitrogens is 1. The third-order valence-electron chi connectivity index (χ3n) is 6.37. The Morgan fingerprint density at radius 2 is 2.11 bits per heavy atom. The SMILES string of the molecule is COc1ccc(-c2cc(OCC3CN(S(=O)c4c(C(N)=O)[nH]c5ccc(Cl)cc45)CCO3)ccc2C)cn1. The summed E-state index contributed by atoms with van der Waals surface area (Å²) in [7, 11) is -0.0853. The van der Waals surface area contributed by atoms with Crippen molar-refractivity contribution in [2.24, 2.45) is 5.73 Å². The Labute approximate surface area is 227 Å². The average Bonchev–Trinajstić information content (AvgIpc) is 3.31. The Kier molecular flexibility index (Phi) is 7.66. The number of aromatic amines is 1. The molecule has 0 radical (unpaired) electrons. The first-order chi connectivity index (χ1) is 18.3. The predicted octanol–water partition coefficient (Wildman–Crippen LogP) is 4.10. The summed E-state index contributed by atoms with van der Waals surface area (Å²) in [6.07, 6.45) is 1.44. The molecule has 2 unspecified atom stereocenters. The molecule has 5 rings (SSSR count). The summed E-state index contributed by atoms with van der Waals surface area (Å²) in [5, 5.41) is 1.08. The minimum Gasteiger partial charge on any atom is -0.491 e. The van der Waals surface area contributed by atoms with Crippen LogP contribution in [0.15, 0.2) is 59.6 Å². The van der Waals surface area contributed by atoms with Crippen molar-refractivity contribution < 1.29 is 23.2 Å². The first kappa shape index (κ1) is 26.2. The monoisotopic (exact) mass is 554 g/mol. The molecule has 9 nitrogen and oxygen atoms in total. The van der Waals surface area contributed by atoms with Gasteiger partial charge in [0.2, 0.25) is 5.88 Å². The van der Waals surface area contributed by atoms with Crippen LogP contribution in [-0.2, 0) is 15.7 Å². The van der Waals surface area contributed by atoms with Gasteiger partial charge in [0.25, 0.3) is 5.91 Å². The van der Waals surface area contributed by atoms with E-state index in [0.29, 0.717) is 52.1 Å². The van der Waals surface area contributed by atoms with Crippen molar-refractivity contribution in [3.63, 3.8) is 0 Å². The molecule has 1 amide bonds. The molecule has 198 valence electrons. The molecule has 3 heterocycles. The Bertz CT molecular complexity index is 1510. The Morgan fingerprint density at radius 1 is 1.26 bits per heavy atom. The fourth-order valence-electron chi connectivity index (χ4n) is 4.42. The van der Waals surface area contributed by atoms with E-state index in [1.807, 2.05) is 37.3 Å². The van der Waals surface area contributed by atoms with Crippen LogP contribution in [0.1, 0.15) is 16.1 Å². The largest absolute Gasteiger partial charge is 0.491 e. The summed E-state index contributed by atoms with van der Waals surface area (Å²) in [4.78, 5) is 19.7. The topological polar surface area (TPSA) is 120 Å². The highest BCUT2D eigenvalue weighted by Crippen LogP contribution is 2.31. The number of aryl methyl sites for hydroxylation is 1. The van der Waals surface area contributed by atoms with Crippen molar-refractivity contribution in [3.05, 3.63) is 71.0 Å². The summed E-state index contributed by atoms with van der Waals surface area (Å²) in [6.45, 7) is 3.43. The molecular weight excluding hydrogens is 528 g/mol. The molecule has 1 fully saturated rings. The van der Waals surface area contributed by atoms with Gasteiger partial charge in [-0.15, -0.1) is 0 Å². The maximum atomic E-state index is 13.7. The van der Waals surface area contributed by atoms with Gasteiger partial charge >= 0.3 is 0 Å². The third-order valence-corrected chi connectivity index (χ3v) is 8.18. The summed E-state index contributed by atoms with van der Waals surface area (Å²) >= 11 is 6.18. The summed E-state index contributed by atoms with van der Waals surface area (Å²) in [5.41, 5.74) is 9.38. The lowest BCUT2D eigenvalue weighted by atomic mass is 10.0. The van der Waals surface area contributed by atoms with Crippen molar-refractivity contribution in [3.8, 4) is 22.8 Å². The molecule has 0 spiro atoms. The summed E-state index contributed by atoms with van der Waals surface area (Å²) in [5.74, 6) is 0.551. The Balaban J connectivity index is 1.30. The predicted molar refractivity (Wildman–Crippen MR) is 146 cm³/mol. The van der Waals surface area contributed by atoms with Gasteiger partial charge in [-0.1, -0.05) is 17.7 Å². The number of halogens is 1. The van der Waals surface area contributed by atoms with Crippen LogP contribution in [0.2, 0.25) is 5.02 Å². The molecule has 1 aliphatic heterocycles. The molecule has 1 aliphatic rings. The molecule has 0 aliphatic carbocycles. The summed E-state index contributed by atoms with van der Waals surface area (Å²) < 4.78 is 32.6. The highest BCUT2D eigenvalue weighted by Gasteiger charge is 2.30. The second-order valence-corrected chi connectivity index (χ2v) is 10.7. The quantitative estimate of drug-likeness (QED) is 0.338. The molecule has 2 aromatic heterocycles. The molecule has 3 N–H and O–H groups in total. The van der Waals surface area contributed by atoms with Crippen LogP contribution in [0.4, 0.5) is 0 Å². The van der Waals surface area contributed by atoms with Crippen molar-refractivity contribution in [1.82, 2.24) is 14.3 Å². The number of fused-ring (bicyclic) bond motifs is 1. The number of carbonyl (C=O) groups excluding carboxylic acids is 1. The lowest BCUT2D eigenvalue weighted by molar-refractivity contribution is -0.0237. The van der Waals surface area contributed by atoms with E-state index in [1.54, 1.807) is 35.8 Å². The van der Waals surface area contributed by atoms with Crippen molar-refractivity contribution in [2.75, 3.05) is 33.4 Å². The van der Waals surface area contributed by atoms with Crippen molar-refractivity contribution in [2.45, 2.75) is 17.9 Å². The maximum absolute atomic E-state index is 13.7. The first-order valence-electron chi connectivity index (χ1n) is 12.0. The number of methoxy groups -OCH3 is 1. The van der Waals surface area contributed by atoms with Gasteiger partial charge in [-0.2, -0.15) is 0 Å². The number of amides is 1. The lowest BCUT2D eigenvalue weighted by Gasteiger charge is -2.31. The zero-order valence-corrected chi connectivity index (χ0v) is 22.5. The van der Waals surface area contributed by atoms with Gasteiger partial charge in [-0.25, -0.2) is 13.5 Å². The van der Waals surface area contributed by atoms with Crippen LogP contribution in [-0.4, -0.2) is 63.9 Å². The zero-order chi connectivity index (χ0) is 26.8. The normalized spacial score (nSPS) is 16.9. The molecule has 2 aromatic carbocycles. The molecular formula is C27H27ClN4O5S. The van der Waals surface area contributed by atoms with Crippen LogP contribution in [0, 0.1) is 6.92 Å². The number of nitrogens with two attached hydrogens (primary N) is 1. The van der Waals surface area contributed by atoms with Gasteiger partial charge in [0.15, 0.2) is 0 Å². The maximum Gasteiger partial charge on any atom is 0.266 e. The van der Waals surface area contributed by atoms with Crippen LogP contribution >= 0.6 is 11.6 Å². The number of primary amides is 1. The number of pyridine rings is 1. The van der Waals surface area contributed by atoms with Gasteiger partial charge in [-0.05, 0) is 54.4 Å². The standard InChI is InChI=1S/C27H27ClN4O5S/c1-16-3-6-19(12-21(16)17-4-8-24(35-2)30-13-17)37-15-20-14-32(9-10-36-20)38(34)26-22-11-18(28)5-7-23(22)31-25(26)27(29)33/h3-8,11-13,20,31H,9-10,14-15H2,1-2H3,(H2,29,33). The number of benzene rings is 2. The average molecular weight is 555 g/mol. The molecule has 1 saturated heterocycles. The number of carbonyl (C=O) groups is 1. The number of hydrogen-bond donors (Lipinski definition) is 2. The fraction of sp³-hybridized carbons (Fsp3) is 0.259. The molecule has 0 bridgehead atoms. The molecule has 11 heteroatoms. The minimum absolute atomic E-state index is 0.111. The van der Waals surface area contributed by atoms with E-state index in [1.165, 1.54) is 0 Å². The second kappa shape index (κ2) is 11.1. The van der Waals surface area contributed by atoms with Crippen molar-refractivity contribution in [1.29, 1.82) is 0 Å². The number of nitrogens with zero attached hydrogens (tertiary/aromatic N) is 2. The molecule has 38 heavy (non-hydrogen) atoms. The zero-order valence-electron chi connectivity index (χ0n) is 20.9. The van der Waals surface area contributed by atoms with E-state index in [4.69, 9.17) is 31.5 Å². The third kappa shape index (κ3) is 5.39. The van der Waals surface area contributed by atoms with Gasteiger partial charge in [0, 0.05) is 46.8 Å². The second-order valence-electron chi connectivity index (χ2n) is 8.89. The number of morpholine rings is 1. The minimum atomic E-state index is -1.67. The highest BCUT2D eigenvalue weighted by atomic mass is 35.5. The van der Waals surface area contributed by atoms with Crippen LogP contribution in [0.5, 0.6) is 11.6 Å². The number of nitrogens with one attached hydrogen (secondary N) is 1. The number of ether oxygens (including phenoxy) is 3. The van der Waals surface area contributed by atoms with Gasteiger partial charge in [0.05, 0.1) is 18.6 Å². The summed E-state index contributed by atoms with van der Waals surface area (Å²) in [6, 6.07) is 14.7. The number of aromatic nitrogens is 2. The van der Waals surface area contributed by atoms with Crippen LogP contribution < -0.4 is 15.2 Å². The fourth-order valence-corrected chi connectivity index (χ4v) is 6.07. The first-order valence-corrected chi connectivity index (χ1v) is 13.5. The Hall–Kier alpha value is -3.44. The van der Waals surface area contributed by atoms with E-state index in [-0.39, 0.29) is 18.4 Å². The van der Waals surface area contributed by atoms with Gasteiger partial charge < -0.3 is 24.9 Å². The van der Waals surface area contributed by atoms with Crippen molar-refractivity contribution >= 4 is 39.4 Å². The van der Waals surface area contributed by atoms with E-state index >= 15 is 0 Å². The number of rotatable bonds is 8.